The van der Waals surface area contributed by atoms with Crippen molar-refractivity contribution in [3.8, 4) is 5.75 Å². The number of hydrogen-bond donors (Lipinski definition) is 1. The van der Waals surface area contributed by atoms with Crippen molar-refractivity contribution < 1.29 is 22.7 Å². The molecule has 1 N–H and O–H groups in total. The Morgan fingerprint density at radius 2 is 1.87 bits per heavy atom. The molecule has 0 saturated heterocycles. The summed E-state index contributed by atoms with van der Waals surface area (Å²) in [5.74, 6) is 0.111. The molecule has 1 aromatic heterocycles. The number of carbonyl (C=O) groups excluding carboxylic acids is 1. The van der Waals surface area contributed by atoms with E-state index in [0.717, 1.165) is 23.4 Å². The zero-order valence-corrected chi connectivity index (χ0v) is 16.6. The summed E-state index contributed by atoms with van der Waals surface area (Å²) in [6.45, 7) is 0.723. The van der Waals surface area contributed by atoms with E-state index in [0.29, 0.717) is 30.9 Å². The van der Waals surface area contributed by atoms with Crippen molar-refractivity contribution in [3.63, 3.8) is 0 Å². The lowest BCUT2D eigenvalue weighted by Crippen LogP contribution is -2.24. The first-order chi connectivity index (χ1) is 14.9. The Kier molecular flexibility index (Phi) is 5.93. The van der Waals surface area contributed by atoms with Crippen LogP contribution in [0.4, 0.5) is 13.2 Å². The van der Waals surface area contributed by atoms with Crippen LogP contribution in [-0.2, 0) is 24.1 Å². The third kappa shape index (κ3) is 5.42. The average molecular weight is 426 g/mol. The lowest BCUT2D eigenvalue weighted by molar-refractivity contribution is -0.137. The highest BCUT2D eigenvalue weighted by molar-refractivity contribution is 5.82. The van der Waals surface area contributed by atoms with Crippen LogP contribution in [0.1, 0.15) is 34.7 Å². The van der Waals surface area contributed by atoms with Crippen LogP contribution >= 0.6 is 0 Å². The largest absolute Gasteiger partial charge is 0.487 e. The van der Waals surface area contributed by atoms with Crippen LogP contribution in [0.25, 0.3) is 0 Å². The van der Waals surface area contributed by atoms with E-state index in [2.05, 4.69) is 10.3 Å². The van der Waals surface area contributed by atoms with Gasteiger partial charge in [0.2, 0.25) is 5.91 Å². The fraction of sp³-hybridized carbons (Fsp3) is 0.250. The van der Waals surface area contributed by atoms with Gasteiger partial charge in [-0.2, -0.15) is 13.2 Å². The van der Waals surface area contributed by atoms with Gasteiger partial charge < -0.3 is 10.1 Å². The molecule has 2 atom stereocenters. The van der Waals surface area contributed by atoms with Crippen LogP contribution in [0, 0.1) is 5.92 Å². The summed E-state index contributed by atoms with van der Waals surface area (Å²) >= 11 is 0. The predicted molar refractivity (Wildman–Crippen MR) is 109 cm³/mol. The molecule has 1 aliphatic carbocycles. The molecular formula is C24H21F3N2O2. The molecule has 4 rings (SSSR count). The summed E-state index contributed by atoms with van der Waals surface area (Å²) in [6, 6.07) is 18.2. The van der Waals surface area contributed by atoms with Crippen LogP contribution in [0.15, 0.2) is 72.9 Å². The van der Waals surface area contributed by atoms with E-state index in [1.807, 2.05) is 42.5 Å². The average Bonchev–Trinajstić information content (AvgIpc) is 3.58. The van der Waals surface area contributed by atoms with Crippen LogP contribution in [0.2, 0.25) is 0 Å². The van der Waals surface area contributed by atoms with Crippen molar-refractivity contribution in [2.45, 2.75) is 31.7 Å². The van der Waals surface area contributed by atoms with E-state index >= 15 is 0 Å². The third-order valence-electron chi connectivity index (χ3n) is 5.27. The van der Waals surface area contributed by atoms with Gasteiger partial charge in [0.05, 0.1) is 11.3 Å². The minimum absolute atomic E-state index is 0.141. The number of halogens is 3. The number of alkyl halides is 3. The van der Waals surface area contributed by atoms with Crippen LogP contribution in [0.5, 0.6) is 5.75 Å². The number of benzene rings is 2. The molecule has 0 aliphatic heterocycles. The second kappa shape index (κ2) is 8.79. The lowest BCUT2D eigenvalue weighted by atomic mass is 10.1. The topological polar surface area (TPSA) is 51.2 Å². The van der Waals surface area contributed by atoms with E-state index in [1.165, 1.54) is 6.07 Å². The number of nitrogens with zero attached hydrogens (tertiary/aromatic N) is 1. The monoisotopic (exact) mass is 426 g/mol. The summed E-state index contributed by atoms with van der Waals surface area (Å²) in [5.41, 5.74) is 1.62. The van der Waals surface area contributed by atoms with Crippen molar-refractivity contribution in [1.82, 2.24) is 10.3 Å². The highest BCUT2D eigenvalue weighted by Crippen LogP contribution is 2.48. The number of rotatable bonds is 7. The van der Waals surface area contributed by atoms with Gasteiger partial charge in [0, 0.05) is 18.7 Å². The molecule has 1 saturated carbocycles. The zero-order valence-electron chi connectivity index (χ0n) is 16.6. The number of aromatic nitrogens is 1. The summed E-state index contributed by atoms with van der Waals surface area (Å²) in [6.07, 6.45) is -2.11. The van der Waals surface area contributed by atoms with Crippen molar-refractivity contribution in [1.29, 1.82) is 0 Å². The Morgan fingerprint density at radius 3 is 2.58 bits per heavy atom. The SMILES string of the molecule is O=C(NCc1ccc(OCc2ccccn2)cc1)C1CC1c1cccc(C(F)(F)F)c1. The molecular weight excluding hydrogens is 405 g/mol. The first-order valence-electron chi connectivity index (χ1n) is 9.96. The summed E-state index contributed by atoms with van der Waals surface area (Å²) in [7, 11) is 0. The fourth-order valence-electron chi connectivity index (χ4n) is 3.46. The van der Waals surface area contributed by atoms with Gasteiger partial charge in [0.1, 0.15) is 12.4 Å². The van der Waals surface area contributed by atoms with Crippen molar-refractivity contribution in [2.24, 2.45) is 5.92 Å². The van der Waals surface area contributed by atoms with Gasteiger partial charge in [-0.15, -0.1) is 0 Å². The Labute approximate surface area is 178 Å². The maximum Gasteiger partial charge on any atom is 0.416 e. The van der Waals surface area contributed by atoms with E-state index in [4.69, 9.17) is 4.74 Å². The molecule has 1 heterocycles. The van der Waals surface area contributed by atoms with Crippen LogP contribution in [0.3, 0.4) is 0 Å². The zero-order chi connectivity index (χ0) is 21.8. The first-order valence-corrected chi connectivity index (χ1v) is 9.96. The number of pyridine rings is 1. The fourth-order valence-corrected chi connectivity index (χ4v) is 3.46. The Balaban J connectivity index is 1.26. The normalized spacial score (nSPS) is 17.8. The van der Waals surface area contributed by atoms with E-state index < -0.39 is 11.7 Å². The molecule has 160 valence electrons. The molecule has 0 bridgehead atoms. The third-order valence-corrected chi connectivity index (χ3v) is 5.27. The predicted octanol–water partition coefficient (Wildman–Crippen LogP) is 5.10. The molecule has 0 radical (unpaired) electrons. The van der Waals surface area contributed by atoms with Crippen molar-refractivity contribution in [2.75, 3.05) is 0 Å². The van der Waals surface area contributed by atoms with E-state index in [1.54, 1.807) is 12.3 Å². The first kappa shape index (κ1) is 20.9. The number of hydrogen-bond acceptors (Lipinski definition) is 3. The van der Waals surface area contributed by atoms with Gasteiger partial charge in [-0.3, -0.25) is 9.78 Å². The molecule has 3 aromatic rings. The van der Waals surface area contributed by atoms with Crippen LogP contribution < -0.4 is 10.1 Å². The molecule has 31 heavy (non-hydrogen) atoms. The van der Waals surface area contributed by atoms with Gasteiger partial charge in [0.25, 0.3) is 0 Å². The van der Waals surface area contributed by atoms with Gasteiger partial charge >= 0.3 is 6.18 Å². The number of nitrogens with one attached hydrogen (secondary N) is 1. The summed E-state index contributed by atoms with van der Waals surface area (Å²) in [5, 5.41) is 2.87. The molecule has 1 amide bonds. The molecule has 4 nitrogen and oxygen atoms in total. The molecule has 7 heteroatoms. The molecule has 1 aliphatic rings. The van der Waals surface area contributed by atoms with Gasteiger partial charge in [-0.05, 0) is 53.8 Å². The Bertz CT molecular complexity index is 1040. The maximum atomic E-state index is 12.9. The number of ether oxygens (including phenoxy) is 1. The summed E-state index contributed by atoms with van der Waals surface area (Å²) < 4.78 is 44.4. The Morgan fingerprint density at radius 1 is 1.06 bits per heavy atom. The summed E-state index contributed by atoms with van der Waals surface area (Å²) in [4.78, 5) is 16.6. The highest BCUT2D eigenvalue weighted by Gasteiger charge is 2.44. The lowest BCUT2D eigenvalue weighted by Gasteiger charge is -2.09. The van der Waals surface area contributed by atoms with Gasteiger partial charge in [0.15, 0.2) is 0 Å². The quantitative estimate of drug-likeness (QED) is 0.572. The standard InChI is InChI=1S/C24H21F3N2O2/c25-24(26,27)18-5-3-4-17(12-18)21-13-22(21)23(30)29-14-16-7-9-20(10-8-16)31-15-19-6-1-2-11-28-19/h1-12,21-22H,13-15H2,(H,29,30). The molecule has 2 unspecified atom stereocenters. The number of amides is 1. The smallest absolute Gasteiger partial charge is 0.416 e. The van der Waals surface area contributed by atoms with E-state index in [-0.39, 0.29) is 17.7 Å². The second-order valence-electron chi connectivity index (χ2n) is 7.54. The Hall–Kier alpha value is -3.35. The molecule has 2 aromatic carbocycles. The minimum atomic E-state index is -4.38. The van der Waals surface area contributed by atoms with Crippen molar-refractivity contribution >= 4 is 5.91 Å². The van der Waals surface area contributed by atoms with E-state index in [9.17, 15) is 18.0 Å². The van der Waals surface area contributed by atoms with Gasteiger partial charge in [-0.25, -0.2) is 0 Å². The van der Waals surface area contributed by atoms with Gasteiger partial charge in [-0.1, -0.05) is 36.4 Å². The minimum Gasteiger partial charge on any atom is -0.487 e. The van der Waals surface area contributed by atoms with Crippen LogP contribution in [-0.4, -0.2) is 10.9 Å². The van der Waals surface area contributed by atoms with Crippen molar-refractivity contribution in [3.05, 3.63) is 95.3 Å². The number of carbonyl (C=O) groups is 1. The maximum absolute atomic E-state index is 12.9. The molecule has 1 fully saturated rings. The highest BCUT2D eigenvalue weighted by atomic mass is 19.4. The second-order valence-corrected chi connectivity index (χ2v) is 7.54. The molecule has 0 spiro atoms.